The Morgan fingerprint density at radius 1 is 1.16 bits per heavy atom. The van der Waals surface area contributed by atoms with Crippen LogP contribution in [0.3, 0.4) is 0 Å². The van der Waals surface area contributed by atoms with Crippen LogP contribution in [0.2, 0.25) is 0 Å². The van der Waals surface area contributed by atoms with E-state index in [1.807, 2.05) is 11.8 Å². The summed E-state index contributed by atoms with van der Waals surface area (Å²) in [4.78, 5) is 0. The average Bonchev–Trinajstić information content (AvgIpc) is 2.38. The molecule has 3 rings (SSSR count). The standard InChI is InChI=1S/C17H24OS/c1-12-9-10-14-15(11-12)18-16(19-17(14,2)3)13-7-5-4-6-8-13/h4-8,12,14-16H,9-11H2,1-3H3/t12-,14-,15-,16-/m1/s1. The Labute approximate surface area is 121 Å². The van der Waals surface area contributed by atoms with Crippen LogP contribution in [0.15, 0.2) is 30.3 Å². The largest absolute Gasteiger partial charge is 0.359 e. The maximum absolute atomic E-state index is 6.45. The third kappa shape index (κ3) is 2.71. The molecule has 1 nitrogen and oxygen atoms in total. The molecule has 0 radical (unpaired) electrons. The van der Waals surface area contributed by atoms with E-state index < -0.39 is 0 Å². The number of hydrogen-bond acceptors (Lipinski definition) is 2. The van der Waals surface area contributed by atoms with Gasteiger partial charge in [0.15, 0.2) is 0 Å². The Balaban J connectivity index is 1.83. The van der Waals surface area contributed by atoms with Gasteiger partial charge in [-0.1, -0.05) is 57.5 Å². The van der Waals surface area contributed by atoms with Gasteiger partial charge in [0.1, 0.15) is 5.44 Å². The van der Waals surface area contributed by atoms with E-state index in [2.05, 4.69) is 51.1 Å². The number of ether oxygens (including phenoxy) is 1. The van der Waals surface area contributed by atoms with Gasteiger partial charge >= 0.3 is 0 Å². The molecular weight excluding hydrogens is 252 g/mol. The van der Waals surface area contributed by atoms with Crippen molar-refractivity contribution in [2.45, 2.75) is 56.3 Å². The first kappa shape index (κ1) is 13.5. The van der Waals surface area contributed by atoms with E-state index in [0.717, 1.165) is 5.92 Å². The lowest BCUT2D eigenvalue weighted by Crippen LogP contribution is -2.46. The molecule has 1 heterocycles. The summed E-state index contributed by atoms with van der Waals surface area (Å²) < 4.78 is 6.77. The van der Waals surface area contributed by atoms with Crippen LogP contribution < -0.4 is 0 Å². The summed E-state index contributed by atoms with van der Waals surface area (Å²) in [6.07, 6.45) is 4.38. The van der Waals surface area contributed by atoms with Crippen LogP contribution in [-0.2, 0) is 4.74 Å². The summed E-state index contributed by atoms with van der Waals surface area (Å²) in [6.45, 7) is 7.18. The molecule has 0 bridgehead atoms. The second-order valence-corrected chi connectivity index (χ2v) is 8.38. The lowest BCUT2D eigenvalue weighted by atomic mass is 9.75. The van der Waals surface area contributed by atoms with E-state index in [0.29, 0.717) is 16.8 Å². The molecule has 104 valence electrons. The number of benzene rings is 1. The van der Waals surface area contributed by atoms with Crippen LogP contribution in [-0.4, -0.2) is 10.9 Å². The van der Waals surface area contributed by atoms with Crippen molar-refractivity contribution in [3.8, 4) is 0 Å². The highest BCUT2D eigenvalue weighted by Crippen LogP contribution is 2.54. The minimum absolute atomic E-state index is 0.211. The summed E-state index contributed by atoms with van der Waals surface area (Å²) in [5, 5.41) is 0. The van der Waals surface area contributed by atoms with E-state index in [4.69, 9.17) is 4.74 Å². The maximum Gasteiger partial charge on any atom is 0.129 e. The highest BCUT2D eigenvalue weighted by atomic mass is 32.2. The third-order valence-electron chi connectivity index (χ3n) is 4.73. The Morgan fingerprint density at radius 3 is 2.63 bits per heavy atom. The Bertz CT molecular complexity index is 428. The zero-order chi connectivity index (χ0) is 13.5. The fourth-order valence-electron chi connectivity index (χ4n) is 3.58. The van der Waals surface area contributed by atoms with Gasteiger partial charge in [-0.05, 0) is 30.2 Å². The van der Waals surface area contributed by atoms with Crippen molar-refractivity contribution in [1.29, 1.82) is 0 Å². The minimum Gasteiger partial charge on any atom is -0.359 e. The number of fused-ring (bicyclic) bond motifs is 1. The monoisotopic (exact) mass is 276 g/mol. The molecule has 1 saturated carbocycles. The molecular formula is C17H24OS. The smallest absolute Gasteiger partial charge is 0.129 e. The Kier molecular flexibility index (Phi) is 3.65. The van der Waals surface area contributed by atoms with Crippen molar-refractivity contribution >= 4 is 11.8 Å². The molecule has 2 heteroatoms. The van der Waals surface area contributed by atoms with Crippen LogP contribution in [0, 0.1) is 11.8 Å². The van der Waals surface area contributed by atoms with Gasteiger partial charge in [0.05, 0.1) is 6.10 Å². The van der Waals surface area contributed by atoms with Crippen LogP contribution in [0.5, 0.6) is 0 Å². The van der Waals surface area contributed by atoms with Gasteiger partial charge in [0.2, 0.25) is 0 Å². The van der Waals surface area contributed by atoms with Gasteiger partial charge in [0, 0.05) is 4.75 Å². The zero-order valence-corrected chi connectivity index (χ0v) is 13.0. The third-order valence-corrected chi connectivity index (χ3v) is 6.24. The van der Waals surface area contributed by atoms with Crippen molar-refractivity contribution in [1.82, 2.24) is 0 Å². The van der Waals surface area contributed by atoms with E-state index in [1.165, 1.54) is 24.8 Å². The van der Waals surface area contributed by atoms with E-state index in [9.17, 15) is 0 Å². The fraction of sp³-hybridized carbons (Fsp3) is 0.647. The molecule has 0 unspecified atom stereocenters. The van der Waals surface area contributed by atoms with Gasteiger partial charge in [-0.2, -0.15) is 0 Å². The first-order valence-electron chi connectivity index (χ1n) is 7.44. The van der Waals surface area contributed by atoms with Crippen molar-refractivity contribution in [3.63, 3.8) is 0 Å². The molecule has 1 aromatic carbocycles. The molecule has 19 heavy (non-hydrogen) atoms. The molecule has 0 spiro atoms. The number of thioether (sulfide) groups is 1. The molecule has 1 aliphatic heterocycles. The minimum atomic E-state index is 0.211. The summed E-state index contributed by atoms with van der Waals surface area (Å²) in [5.41, 5.74) is 1.53. The van der Waals surface area contributed by atoms with Crippen molar-refractivity contribution < 1.29 is 4.74 Å². The summed E-state index contributed by atoms with van der Waals surface area (Å²) in [5.74, 6) is 1.53. The highest BCUT2D eigenvalue weighted by Gasteiger charge is 2.46. The summed E-state index contributed by atoms with van der Waals surface area (Å²) in [6, 6.07) is 10.7. The van der Waals surface area contributed by atoms with Gasteiger partial charge in [-0.3, -0.25) is 0 Å². The molecule has 2 aliphatic rings. The summed E-state index contributed by atoms with van der Waals surface area (Å²) >= 11 is 2.01. The Morgan fingerprint density at radius 2 is 1.89 bits per heavy atom. The second-order valence-electron chi connectivity index (χ2n) is 6.66. The first-order chi connectivity index (χ1) is 9.06. The molecule has 0 N–H and O–H groups in total. The topological polar surface area (TPSA) is 9.23 Å². The van der Waals surface area contributed by atoms with Gasteiger partial charge in [0.25, 0.3) is 0 Å². The SMILES string of the molecule is C[C@@H]1CC[C@@H]2[C@@H](C1)O[C@@H](c1ccccc1)SC2(C)C. The Hall–Kier alpha value is -0.470. The normalized spacial score (nSPS) is 37.6. The molecule has 1 aromatic rings. The van der Waals surface area contributed by atoms with E-state index in [1.54, 1.807) is 0 Å². The molecule has 2 fully saturated rings. The quantitative estimate of drug-likeness (QED) is 0.711. The lowest BCUT2D eigenvalue weighted by Gasteiger charge is -2.50. The predicted octanol–water partition coefficient (Wildman–Crippen LogP) is 5.03. The van der Waals surface area contributed by atoms with E-state index in [-0.39, 0.29) is 5.44 Å². The highest BCUT2D eigenvalue weighted by molar-refractivity contribution is 8.00. The van der Waals surface area contributed by atoms with Gasteiger partial charge < -0.3 is 4.74 Å². The van der Waals surface area contributed by atoms with Crippen LogP contribution >= 0.6 is 11.8 Å². The number of rotatable bonds is 1. The maximum atomic E-state index is 6.45. The van der Waals surface area contributed by atoms with Crippen LogP contribution in [0.25, 0.3) is 0 Å². The number of hydrogen-bond donors (Lipinski definition) is 0. The average molecular weight is 276 g/mol. The first-order valence-corrected chi connectivity index (χ1v) is 8.32. The summed E-state index contributed by atoms with van der Waals surface area (Å²) in [7, 11) is 0. The van der Waals surface area contributed by atoms with Crippen LogP contribution in [0.1, 0.15) is 51.0 Å². The molecule has 4 atom stereocenters. The zero-order valence-electron chi connectivity index (χ0n) is 12.1. The van der Waals surface area contributed by atoms with E-state index >= 15 is 0 Å². The molecule has 1 aliphatic carbocycles. The predicted molar refractivity (Wildman–Crippen MR) is 82.2 cm³/mol. The molecule has 1 saturated heterocycles. The van der Waals surface area contributed by atoms with Gasteiger partial charge in [-0.15, -0.1) is 11.8 Å². The lowest BCUT2D eigenvalue weighted by molar-refractivity contribution is -0.0590. The van der Waals surface area contributed by atoms with Crippen LogP contribution in [0.4, 0.5) is 0 Å². The van der Waals surface area contributed by atoms with Crippen molar-refractivity contribution in [3.05, 3.63) is 35.9 Å². The van der Waals surface area contributed by atoms with Crippen molar-refractivity contribution in [2.75, 3.05) is 0 Å². The molecule has 0 aromatic heterocycles. The second kappa shape index (κ2) is 5.14. The van der Waals surface area contributed by atoms with Gasteiger partial charge in [-0.25, -0.2) is 0 Å². The van der Waals surface area contributed by atoms with Crippen molar-refractivity contribution in [2.24, 2.45) is 11.8 Å². The fourth-order valence-corrected chi connectivity index (χ4v) is 5.07. The molecule has 0 amide bonds.